The molecule has 5 heterocycles. The van der Waals surface area contributed by atoms with Crippen LogP contribution in [0.4, 0.5) is 10.1 Å². The number of aromatic nitrogens is 7. The summed E-state index contributed by atoms with van der Waals surface area (Å²) in [5.41, 5.74) is 6.88. The Labute approximate surface area is 229 Å². The maximum atomic E-state index is 14.6. The second kappa shape index (κ2) is 9.79. The summed E-state index contributed by atoms with van der Waals surface area (Å²) in [4.78, 5) is 23.3. The molecule has 0 atom stereocenters. The molecule has 5 aromatic heterocycles. The highest BCUT2D eigenvalue weighted by molar-refractivity contribution is 7.90. The molecule has 0 unspecified atom stereocenters. The van der Waals surface area contributed by atoms with Crippen molar-refractivity contribution in [3.63, 3.8) is 0 Å². The van der Waals surface area contributed by atoms with Crippen molar-refractivity contribution in [2.75, 3.05) is 31.0 Å². The van der Waals surface area contributed by atoms with Crippen LogP contribution >= 0.6 is 0 Å². The zero-order chi connectivity index (χ0) is 28.0. The number of imidazole rings is 1. The van der Waals surface area contributed by atoms with Gasteiger partial charge in [0.25, 0.3) is 0 Å². The van der Waals surface area contributed by atoms with Crippen LogP contribution < -0.4 is 4.90 Å². The molecule has 0 saturated heterocycles. The van der Waals surface area contributed by atoms with E-state index in [2.05, 4.69) is 35.1 Å². The van der Waals surface area contributed by atoms with Crippen LogP contribution in [-0.2, 0) is 16.3 Å². The van der Waals surface area contributed by atoms with E-state index in [1.807, 2.05) is 31.1 Å². The van der Waals surface area contributed by atoms with Gasteiger partial charge in [-0.1, -0.05) is 6.07 Å². The van der Waals surface area contributed by atoms with Gasteiger partial charge in [0.15, 0.2) is 17.1 Å². The number of nitrogens with one attached hydrogen (secondary N) is 2. The average molecular weight is 557 g/mol. The third kappa shape index (κ3) is 5.00. The molecule has 0 bridgehead atoms. The molecule has 0 aliphatic rings. The first-order valence-electron chi connectivity index (χ1n) is 12.4. The van der Waals surface area contributed by atoms with Gasteiger partial charge in [-0.3, -0.25) is 10.1 Å². The molecule has 40 heavy (non-hydrogen) atoms. The monoisotopic (exact) mass is 556 g/mol. The predicted molar refractivity (Wildman–Crippen MR) is 153 cm³/mol. The van der Waals surface area contributed by atoms with Gasteiger partial charge in [-0.05, 0) is 47.9 Å². The second-order valence-corrected chi connectivity index (χ2v) is 12.2. The van der Waals surface area contributed by atoms with Gasteiger partial charge in [-0.15, -0.1) is 0 Å². The first-order chi connectivity index (χ1) is 19.1. The summed E-state index contributed by atoms with van der Waals surface area (Å²) in [7, 11) is 0.735. The van der Waals surface area contributed by atoms with Crippen LogP contribution in [0.1, 0.15) is 5.56 Å². The number of rotatable bonds is 7. The Hall–Kier alpha value is -4.71. The molecule has 10 nitrogen and oxygen atoms in total. The molecule has 6 rings (SSSR count). The van der Waals surface area contributed by atoms with E-state index in [0.717, 1.165) is 22.2 Å². The average Bonchev–Trinajstić information content (AvgIpc) is 3.55. The minimum atomic E-state index is -3.18. The highest BCUT2D eigenvalue weighted by Gasteiger charge is 2.17. The molecular weight excluding hydrogens is 531 g/mol. The van der Waals surface area contributed by atoms with Gasteiger partial charge in [-0.25, -0.2) is 27.8 Å². The van der Waals surface area contributed by atoms with Crippen LogP contribution in [0.5, 0.6) is 0 Å². The van der Waals surface area contributed by atoms with Gasteiger partial charge in [0, 0.05) is 55.6 Å². The van der Waals surface area contributed by atoms with E-state index in [4.69, 9.17) is 0 Å². The van der Waals surface area contributed by atoms with Crippen LogP contribution in [0.2, 0.25) is 0 Å². The van der Waals surface area contributed by atoms with E-state index in [0.29, 0.717) is 45.0 Å². The molecule has 12 heteroatoms. The fraction of sp³-hybridized carbons (Fsp3) is 0.179. The molecule has 0 aliphatic heterocycles. The molecule has 1 aromatic carbocycles. The lowest BCUT2D eigenvalue weighted by Crippen LogP contribution is -2.08. The van der Waals surface area contributed by atoms with Crippen molar-refractivity contribution < 1.29 is 12.8 Å². The number of aromatic amines is 2. The van der Waals surface area contributed by atoms with Crippen LogP contribution in [0.15, 0.2) is 61.2 Å². The topological polar surface area (TPSA) is 133 Å². The summed E-state index contributed by atoms with van der Waals surface area (Å²) < 4.78 is 37.8. The third-order valence-electron chi connectivity index (χ3n) is 6.64. The summed E-state index contributed by atoms with van der Waals surface area (Å²) in [6.45, 7) is 0. The van der Waals surface area contributed by atoms with Gasteiger partial charge >= 0.3 is 0 Å². The summed E-state index contributed by atoms with van der Waals surface area (Å²) in [5.74, 6) is -0.00386. The first-order valence-corrected chi connectivity index (χ1v) is 14.5. The minimum absolute atomic E-state index is 0.0612. The van der Waals surface area contributed by atoms with Crippen molar-refractivity contribution in [3.05, 3.63) is 72.6 Å². The van der Waals surface area contributed by atoms with E-state index in [9.17, 15) is 12.8 Å². The molecule has 0 radical (unpaired) electrons. The van der Waals surface area contributed by atoms with Gasteiger partial charge < -0.3 is 9.88 Å². The highest BCUT2D eigenvalue weighted by Crippen LogP contribution is 2.33. The third-order valence-corrected chi connectivity index (χ3v) is 7.59. The fourth-order valence-electron chi connectivity index (χ4n) is 4.59. The Kier molecular flexibility index (Phi) is 6.26. The maximum Gasteiger partial charge on any atom is 0.181 e. The van der Waals surface area contributed by atoms with Crippen LogP contribution in [0.25, 0.3) is 56.0 Å². The molecule has 2 N–H and O–H groups in total. The molecule has 0 fully saturated rings. The van der Waals surface area contributed by atoms with E-state index in [1.54, 1.807) is 36.9 Å². The summed E-state index contributed by atoms with van der Waals surface area (Å²) in [6, 6.07) is 10.4. The number of pyridine rings is 3. The van der Waals surface area contributed by atoms with Crippen molar-refractivity contribution in [3.8, 4) is 33.8 Å². The Morgan fingerprint density at radius 2 is 1.77 bits per heavy atom. The van der Waals surface area contributed by atoms with Gasteiger partial charge in [-0.2, -0.15) is 5.10 Å². The normalized spacial score (nSPS) is 11.9. The second-order valence-electron chi connectivity index (χ2n) is 9.89. The first kappa shape index (κ1) is 25.6. The van der Waals surface area contributed by atoms with Gasteiger partial charge in [0.2, 0.25) is 0 Å². The zero-order valence-electron chi connectivity index (χ0n) is 22.0. The van der Waals surface area contributed by atoms with E-state index < -0.39 is 15.7 Å². The number of hydrogen-bond donors (Lipinski definition) is 2. The van der Waals surface area contributed by atoms with Crippen molar-refractivity contribution >= 4 is 37.7 Å². The molecular formula is C28H25FN8O2S. The summed E-state index contributed by atoms with van der Waals surface area (Å²) in [5, 5.41) is 8.15. The van der Waals surface area contributed by atoms with Crippen LogP contribution in [0, 0.1) is 5.82 Å². The fourth-order valence-corrected chi connectivity index (χ4v) is 5.20. The highest BCUT2D eigenvalue weighted by atomic mass is 32.2. The SMILES string of the molecule is CN(C)c1cncc(-c2cnc3n[nH]c(-c4nc5nccc(-c6cc(F)cc(CCS(C)(=O)=O)c6)c5[nH]4)c3c2)c1. The van der Waals surface area contributed by atoms with Crippen molar-refractivity contribution in [2.24, 2.45) is 0 Å². The number of sulfone groups is 1. The van der Waals surface area contributed by atoms with Crippen molar-refractivity contribution in [1.82, 2.24) is 35.1 Å². The molecule has 202 valence electrons. The number of H-pyrrole nitrogens is 2. The molecule has 0 spiro atoms. The Balaban J connectivity index is 1.42. The van der Waals surface area contributed by atoms with Crippen LogP contribution in [0.3, 0.4) is 0 Å². The Bertz CT molecular complexity index is 2000. The largest absolute Gasteiger partial charge is 0.376 e. The van der Waals surface area contributed by atoms with Crippen molar-refractivity contribution in [2.45, 2.75) is 6.42 Å². The number of benzene rings is 1. The number of aryl methyl sites for hydroxylation is 1. The maximum absolute atomic E-state index is 14.6. The number of anilines is 1. The predicted octanol–water partition coefficient (Wildman–Crippen LogP) is 4.42. The quantitative estimate of drug-likeness (QED) is 0.295. The van der Waals surface area contributed by atoms with Crippen LogP contribution in [-0.4, -0.2) is 69.6 Å². The van der Waals surface area contributed by atoms with E-state index in [1.165, 1.54) is 18.4 Å². The Morgan fingerprint density at radius 1 is 0.950 bits per heavy atom. The van der Waals surface area contributed by atoms with E-state index >= 15 is 0 Å². The molecule has 0 saturated carbocycles. The summed E-state index contributed by atoms with van der Waals surface area (Å²) >= 11 is 0. The Morgan fingerprint density at radius 3 is 2.58 bits per heavy atom. The minimum Gasteiger partial charge on any atom is -0.376 e. The molecule has 6 aromatic rings. The molecule has 0 amide bonds. The lowest BCUT2D eigenvalue weighted by atomic mass is 10.0. The molecule has 0 aliphatic carbocycles. The van der Waals surface area contributed by atoms with E-state index in [-0.39, 0.29) is 12.2 Å². The standard InChI is InChI=1S/C28H25FN8O2S/c1-37(2)21-11-18(13-30-15-21)19-12-23-25(35-36-26(23)32-14-19)28-33-24-22(4-6-31-27(24)34-28)17-8-16(9-20(29)10-17)5-7-40(3,38)39/h4,6,8-15H,5,7H2,1-3H3,(H,31,33,34)(H,32,35,36). The van der Waals surface area contributed by atoms with Crippen molar-refractivity contribution in [1.29, 1.82) is 0 Å². The lowest BCUT2D eigenvalue weighted by molar-refractivity contribution is 0.600. The number of halogens is 1. The van der Waals surface area contributed by atoms with Gasteiger partial charge in [0.05, 0.1) is 28.5 Å². The number of hydrogen-bond acceptors (Lipinski definition) is 8. The summed E-state index contributed by atoms with van der Waals surface area (Å²) in [6.07, 6.45) is 8.34. The number of nitrogens with zero attached hydrogens (tertiary/aromatic N) is 6. The zero-order valence-corrected chi connectivity index (χ0v) is 22.8. The van der Waals surface area contributed by atoms with Gasteiger partial charge in [0.1, 0.15) is 21.3 Å². The smallest absolute Gasteiger partial charge is 0.181 e. The number of fused-ring (bicyclic) bond motifs is 2. The lowest BCUT2D eigenvalue weighted by Gasteiger charge is -2.12.